The van der Waals surface area contributed by atoms with Crippen molar-refractivity contribution in [2.24, 2.45) is 5.92 Å². The molecule has 2 aromatic carbocycles. The van der Waals surface area contributed by atoms with Crippen LogP contribution >= 0.6 is 0 Å². The van der Waals surface area contributed by atoms with Crippen molar-refractivity contribution in [1.29, 1.82) is 0 Å². The van der Waals surface area contributed by atoms with Crippen LogP contribution in [0.5, 0.6) is 11.5 Å². The highest BCUT2D eigenvalue weighted by atomic mass is 19.4. The molecule has 1 aliphatic heterocycles. The lowest BCUT2D eigenvalue weighted by atomic mass is 9.76. The van der Waals surface area contributed by atoms with E-state index in [1.54, 1.807) is 19.9 Å². The van der Waals surface area contributed by atoms with Crippen molar-refractivity contribution in [1.82, 2.24) is 4.98 Å². The van der Waals surface area contributed by atoms with E-state index in [1.807, 2.05) is 30.3 Å². The lowest BCUT2D eigenvalue weighted by Gasteiger charge is -2.32. The summed E-state index contributed by atoms with van der Waals surface area (Å²) in [5.74, 6) is -4.84. The molecule has 0 N–H and O–H groups in total. The molecule has 1 aromatic heterocycles. The van der Waals surface area contributed by atoms with E-state index in [1.165, 1.54) is 13.0 Å². The Morgan fingerprint density at radius 1 is 1.13 bits per heavy atom. The predicted molar refractivity (Wildman–Crippen MR) is 138 cm³/mol. The maximum atomic E-state index is 14.7. The molecule has 39 heavy (non-hydrogen) atoms. The number of ether oxygens (including phenoxy) is 3. The van der Waals surface area contributed by atoms with Crippen LogP contribution in [0.25, 0.3) is 5.57 Å². The Morgan fingerprint density at radius 2 is 1.79 bits per heavy atom. The van der Waals surface area contributed by atoms with Crippen LogP contribution in [0.15, 0.2) is 55.1 Å². The zero-order chi connectivity index (χ0) is 28.7. The fraction of sp³-hybridized carbons (Fsp3) is 0.367. The van der Waals surface area contributed by atoms with Crippen LogP contribution in [0.1, 0.15) is 60.9 Å². The Kier molecular flexibility index (Phi) is 7.76. The van der Waals surface area contributed by atoms with Gasteiger partial charge in [0, 0.05) is 34.7 Å². The Hall–Kier alpha value is -3.46. The van der Waals surface area contributed by atoms with Gasteiger partial charge in [-0.25, -0.2) is 4.39 Å². The molecule has 1 saturated heterocycles. The number of hydrogen-bond donors (Lipinski definition) is 0. The molecule has 0 amide bonds. The summed E-state index contributed by atoms with van der Waals surface area (Å²) < 4.78 is 89.0. The summed E-state index contributed by atoms with van der Waals surface area (Å²) >= 11 is 0. The number of methoxy groups -OCH3 is 1. The van der Waals surface area contributed by atoms with E-state index in [-0.39, 0.29) is 17.9 Å². The summed E-state index contributed by atoms with van der Waals surface area (Å²) in [5.41, 5.74) is 0.271. The van der Waals surface area contributed by atoms with Crippen LogP contribution in [0, 0.1) is 24.5 Å². The molecule has 0 aliphatic carbocycles. The topological polar surface area (TPSA) is 40.6 Å². The second-order valence-electron chi connectivity index (χ2n) is 10.0. The average Bonchev–Trinajstić information content (AvgIpc) is 3.16. The van der Waals surface area contributed by atoms with Crippen molar-refractivity contribution in [2.45, 2.75) is 58.1 Å². The van der Waals surface area contributed by atoms with Gasteiger partial charge in [-0.15, -0.1) is 0 Å². The molecule has 4 nitrogen and oxygen atoms in total. The molecule has 1 aliphatic rings. The second-order valence-corrected chi connectivity index (χ2v) is 10.0. The molecule has 0 radical (unpaired) electrons. The summed E-state index contributed by atoms with van der Waals surface area (Å²) in [5, 5.41) is 0. The van der Waals surface area contributed by atoms with E-state index < -0.39 is 47.1 Å². The van der Waals surface area contributed by atoms with E-state index in [0.717, 1.165) is 25.7 Å². The standard InChI is InChI=1S/C30H30F5NO3/c1-16(2)24-18(4)36-22(14-23(24)38-15-19-10-8-7-9-11-19)28-25(17(3)29(5,39-28)30(33,34)35)20-12-13-21(31)26(32)27(20)37-6/h7-14,17,25,28H,1,15H2,2-6H3/t17-,25-,28-,29+/m0/s1. The first-order chi connectivity index (χ1) is 18.3. The van der Waals surface area contributed by atoms with E-state index in [2.05, 4.69) is 11.6 Å². The monoisotopic (exact) mass is 547 g/mol. The molecule has 0 spiro atoms. The lowest BCUT2D eigenvalue weighted by Crippen LogP contribution is -2.46. The van der Waals surface area contributed by atoms with Crippen LogP contribution < -0.4 is 9.47 Å². The molecule has 3 aromatic rings. The van der Waals surface area contributed by atoms with Crippen molar-refractivity contribution in [3.05, 3.63) is 94.8 Å². The number of aryl methyl sites for hydroxylation is 1. The van der Waals surface area contributed by atoms with Crippen LogP contribution in [-0.4, -0.2) is 23.9 Å². The highest BCUT2D eigenvalue weighted by molar-refractivity contribution is 5.69. The Balaban J connectivity index is 1.88. The van der Waals surface area contributed by atoms with Gasteiger partial charge in [-0.05, 0) is 38.0 Å². The van der Waals surface area contributed by atoms with Crippen LogP contribution in [0.2, 0.25) is 0 Å². The first-order valence-corrected chi connectivity index (χ1v) is 12.4. The highest BCUT2D eigenvalue weighted by Crippen LogP contribution is 2.59. The van der Waals surface area contributed by atoms with E-state index in [4.69, 9.17) is 14.2 Å². The number of aromatic nitrogens is 1. The number of pyridine rings is 1. The number of hydrogen-bond acceptors (Lipinski definition) is 4. The number of nitrogens with zero attached hydrogens (tertiary/aromatic N) is 1. The Bertz CT molecular complexity index is 1380. The maximum Gasteiger partial charge on any atom is 0.417 e. The smallest absolute Gasteiger partial charge is 0.417 e. The number of alkyl halides is 3. The molecular formula is C30H30F5NO3. The normalized spacial score (nSPS) is 23.1. The quantitative estimate of drug-likeness (QED) is 0.280. The van der Waals surface area contributed by atoms with E-state index in [9.17, 15) is 22.0 Å². The maximum absolute atomic E-state index is 14.7. The van der Waals surface area contributed by atoms with Gasteiger partial charge in [0.15, 0.2) is 17.2 Å². The van der Waals surface area contributed by atoms with Gasteiger partial charge in [0.25, 0.3) is 0 Å². The number of rotatable bonds is 7. The van der Waals surface area contributed by atoms with Gasteiger partial charge < -0.3 is 14.2 Å². The lowest BCUT2D eigenvalue weighted by molar-refractivity contribution is -0.275. The molecule has 2 heterocycles. The summed E-state index contributed by atoms with van der Waals surface area (Å²) in [7, 11) is 1.14. The third-order valence-electron chi connectivity index (χ3n) is 7.45. The molecule has 208 valence electrons. The molecule has 4 rings (SSSR count). The first-order valence-electron chi connectivity index (χ1n) is 12.4. The van der Waals surface area contributed by atoms with Crippen molar-refractivity contribution < 1.29 is 36.2 Å². The third kappa shape index (κ3) is 5.12. The summed E-state index contributed by atoms with van der Waals surface area (Å²) in [4.78, 5) is 4.60. The largest absolute Gasteiger partial charge is 0.493 e. The van der Waals surface area contributed by atoms with Gasteiger partial charge >= 0.3 is 6.18 Å². The molecule has 0 saturated carbocycles. The average molecular weight is 548 g/mol. The molecule has 4 atom stereocenters. The second kappa shape index (κ2) is 10.6. The summed E-state index contributed by atoms with van der Waals surface area (Å²) in [6.07, 6.45) is -6.03. The fourth-order valence-electron chi connectivity index (χ4n) is 5.25. The van der Waals surface area contributed by atoms with Crippen molar-refractivity contribution in [2.75, 3.05) is 7.11 Å². The Labute approximate surface area is 224 Å². The molecular weight excluding hydrogens is 517 g/mol. The van der Waals surface area contributed by atoms with Gasteiger partial charge in [0.1, 0.15) is 18.5 Å². The van der Waals surface area contributed by atoms with Gasteiger partial charge in [-0.1, -0.05) is 49.9 Å². The minimum atomic E-state index is -4.76. The molecule has 9 heteroatoms. The third-order valence-corrected chi connectivity index (χ3v) is 7.45. The minimum Gasteiger partial charge on any atom is -0.493 e. The van der Waals surface area contributed by atoms with Crippen molar-refractivity contribution in [3.63, 3.8) is 0 Å². The zero-order valence-corrected chi connectivity index (χ0v) is 22.3. The molecule has 0 bridgehead atoms. The SMILES string of the molecule is C=C(C)c1c(OCc2ccccc2)cc([C@@H]2O[C@@](C)(C(F)(F)F)[C@@H](C)[C@H]2c2ccc(F)c(F)c2OC)nc1C. The summed E-state index contributed by atoms with van der Waals surface area (Å²) in [6, 6.07) is 13.0. The molecule has 1 fully saturated rings. The van der Waals surface area contributed by atoms with Crippen LogP contribution in [0.4, 0.5) is 22.0 Å². The number of halogens is 5. The van der Waals surface area contributed by atoms with Gasteiger partial charge in [-0.2, -0.15) is 17.6 Å². The van der Waals surface area contributed by atoms with E-state index in [0.29, 0.717) is 22.6 Å². The van der Waals surface area contributed by atoms with Gasteiger partial charge in [-0.3, -0.25) is 4.98 Å². The van der Waals surface area contributed by atoms with E-state index >= 15 is 0 Å². The van der Waals surface area contributed by atoms with Crippen molar-refractivity contribution >= 4 is 5.57 Å². The highest BCUT2D eigenvalue weighted by Gasteiger charge is 2.65. The van der Waals surface area contributed by atoms with Crippen LogP contribution in [-0.2, 0) is 11.3 Å². The first kappa shape index (κ1) is 28.5. The van der Waals surface area contributed by atoms with Crippen LogP contribution in [0.3, 0.4) is 0 Å². The predicted octanol–water partition coefficient (Wildman–Crippen LogP) is 8.10. The zero-order valence-electron chi connectivity index (χ0n) is 22.3. The number of benzene rings is 2. The van der Waals surface area contributed by atoms with Gasteiger partial charge in [0.2, 0.25) is 5.82 Å². The Morgan fingerprint density at radius 3 is 2.38 bits per heavy atom. The van der Waals surface area contributed by atoms with Gasteiger partial charge in [0.05, 0.1) is 12.8 Å². The van der Waals surface area contributed by atoms with Crippen molar-refractivity contribution in [3.8, 4) is 11.5 Å². The fourth-order valence-corrected chi connectivity index (χ4v) is 5.25. The number of allylic oxidation sites excluding steroid dienone is 1. The summed E-state index contributed by atoms with van der Waals surface area (Å²) in [6.45, 7) is 10.0. The molecule has 0 unspecified atom stereocenters. The minimum absolute atomic E-state index is 0.0528.